The first-order valence-corrected chi connectivity index (χ1v) is 16.4. The van der Waals surface area contributed by atoms with Crippen LogP contribution in [-0.2, 0) is 4.28 Å². The Hall–Kier alpha value is -1.59. The van der Waals surface area contributed by atoms with Crippen LogP contribution in [0.25, 0.3) is 0 Å². The van der Waals surface area contributed by atoms with E-state index in [-0.39, 0.29) is 33.8 Å². The van der Waals surface area contributed by atoms with Crippen molar-refractivity contribution in [3.8, 4) is 0 Å². The van der Waals surface area contributed by atoms with Gasteiger partial charge in [-0.15, -0.1) is 4.43 Å². The molecule has 1 aliphatic heterocycles. The van der Waals surface area contributed by atoms with Crippen LogP contribution in [0, 0.1) is 55.4 Å². The number of rotatable bonds is 4. The van der Waals surface area contributed by atoms with Crippen LogP contribution in [0.2, 0.25) is 5.28 Å². The number of aryl methyl sites for hydroxylation is 8. The van der Waals surface area contributed by atoms with E-state index in [1.165, 1.54) is 62.6 Å². The molecule has 1 heterocycles. The molecule has 0 aliphatic carbocycles. The molecule has 0 nitrogen and oxygen atoms in total. The fraction of sp³-hybridized carbons (Fsp3) is 0.351. The fourth-order valence-corrected chi connectivity index (χ4v) is 13.0. The second kappa shape index (κ2) is 12.1. The van der Waals surface area contributed by atoms with Crippen molar-refractivity contribution in [2.24, 2.45) is 0 Å². The summed E-state index contributed by atoms with van der Waals surface area (Å²) in [4.78, 5) is 0. The van der Waals surface area contributed by atoms with Crippen molar-refractivity contribution in [1.82, 2.24) is 0 Å². The summed E-state index contributed by atoms with van der Waals surface area (Å²) < 4.78 is 1.64. The van der Waals surface area contributed by atoms with Crippen LogP contribution >= 0.6 is 0 Å². The molecule has 0 amide bonds. The van der Waals surface area contributed by atoms with Crippen molar-refractivity contribution < 1.29 is 0 Å². The van der Waals surface area contributed by atoms with Gasteiger partial charge in [-0.2, -0.15) is 0 Å². The molecule has 0 N–H and O–H groups in total. The molecule has 1 atom stereocenters. The van der Waals surface area contributed by atoms with E-state index in [1.54, 1.807) is 21.1 Å². The molecule has 5 rings (SSSR count). The quantitative estimate of drug-likeness (QED) is 0.229. The molecule has 1 saturated heterocycles. The Balaban J connectivity index is 0.00000353. The Morgan fingerprint density at radius 2 is 1.03 bits per heavy atom. The van der Waals surface area contributed by atoms with Gasteiger partial charge < -0.3 is 0 Å². The smallest absolute Gasteiger partial charge is 0.106 e. The van der Waals surface area contributed by atoms with Gasteiger partial charge in [0.25, 0.3) is 0 Å². The van der Waals surface area contributed by atoms with Gasteiger partial charge in [0.1, 0.15) is 0 Å². The first-order chi connectivity index (χ1) is 18.1. The van der Waals surface area contributed by atoms with Crippen LogP contribution in [-0.4, -0.2) is 43.7 Å². The standard InChI is InChI=1S/C29H34.C8H9.Al.Na/c1-8-9-28(25-13-10-19(2)16-22(25)5)29(26-14-11-20(3)17-23(26)6)27-15-12-21(4)18-24(27)7;1-7-4-3-5-8(2)6-7;;/h10-18,28H,1,8-9H2,2-7H3;3-4,6H,1-2H3;;. The molecule has 1 radical (unpaired) electrons. The van der Waals surface area contributed by atoms with E-state index >= 15 is 0 Å². The van der Waals surface area contributed by atoms with Crippen molar-refractivity contribution in [3.63, 3.8) is 0 Å². The maximum absolute atomic E-state index is 2.51. The van der Waals surface area contributed by atoms with Crippen LogP contribution in [0.15, 0.2) is 72.8 Å². The van der Waals surface area contributed by atoms with Crippen LogP contribution in [0.3, 0.4) is 0 Å². The summed E-state index contributed by atoms with van der Waals surface area (Å²) in [5, 5.41) is 1.34. The molecule has 4 aromatic rings. The molecule has 4 aromatic carbocycles. The van der Waals surface area contributed by atoms with E-state index in [4.69, 9.17) is 0 Å². The van der Waals surface area contributed by atoms with Crippen molar-refractivity contribution in [2.75, 3.05) is 0 Å². The van der Waals surface area contributed by atoms with E-state index in [0.717, 1.165) is 0 Å². The van der Waals surface area contributed by atoms with Gasteiger partial charge in [0.2, 0.25) is 0 Å². The first kappa shape index (κ1) is 30.4. The third-order valence-corrected chi connectivity index (χ3v) is 13.8. The maximum Gasteiger partial charge on any atom is 0.325 e. The molecule has 1 fully saturated rings. The Labute approximate surface area is 264 Å². The summed E-state index contributed by atoms with van der Waals surface area (Å²) in [5.74, 6) is 0.456. The average molecular weight is 538 g/mol. The van der Waals surface area contributed by atoms with Gasteiger partial charge in [0.05, 0.1) is 0 Å². The minimum atomic E-state index is -1.60. The summed E-state index contributed by atoms with van der Waals surface area (Å²) in [6.07, 6.45) is 2.54. The summed E-state index contributed by atoms with van der Waals surface area (Å²) in [7, 11) is 0. The Morgan fingerprint density at radius 3 is 1.51 bits per heavy atom. The predicted octanol–water partition coefficient (Wildman–Crippen LogP) is 8.58. The molecule has 1 aliphatic rings. The largest absolute Gasteiger partial charge is 0.325 e. The average Bonchev–Trinajstić information content (AvgIpc) is 2.84. The second-order valence-corrected chi connectivity index (χ2v) is 15.5. The summed E-state index contributed by atoms with van der Waals surface area (Å²) in [6, 6.07) is 29.1. The van der Waals surface area contributed by atoms with E-state index in [0.29, 0.717) is 5.92 Å². The SMILES string of the molecule is Cc1ccc(C2CC[CH2][Al]([c]3ccc(C)cc3C)[C]2(c2ccc(C)cc2C)c2ccc(C)cc2C)c(C)c1.[Na]. The van der Waals surface area contributed by atoms with E-state index in [1.807, 2.05) is 0 Å². The van der Waals surface area contributed by atoms with Crippen LogP contribution in [0.5, 0.6) is 0 Å². The normalized spacial score (nSPS) is 16.6. The van der Waals surface area contributed by atoms with Gasteiger partial charge in [0.15, 0.2) is 0 Å². The van der Waals surface area contributed by atoms with Gasteiger partial charge in [-0.3, -0.25) is 0 Å². The zero-order valence-corrected chi connectivity index (χ0v) is 28.9. The minimum Gasteiger partial charge on any atom is -0.106 e. The van der Waals surface area contributed by atoms with Crippen molar-refractivity contribution in [1.29, 1.82) is 0 Å². The third kappa shape index (κ3) is 5.52. The van der Waals surface area contributed by atoms with Gasteiger partial charge in [-0.05, 0) is 105 Å². The zero-order chi connectivity index (χ0) is 27.2. The molecule has 195 valence electrons. The Kier molecular flexibility index (Phi) is 9.43. The number of hydrogen-bond donors (Lipinski definition) is 0. The molecule has 0 aromatic heterocycles. The van der Waals surface area contributed by atoms with Crippen molar-refractivity contribution in [2.45, 2.75) is 83.7 Å². The monoisotopic (exact) mass is 537 g/mol. The van der Waals surface area contributed by atoms with E-state index < -0.39 is 14.1 Å². The molecule has 1 unspecified atom stereocenters. The van der Waals surface area contributed by atoms with E-state index in [9.17, 15) is 0 Å². The topological polar surface area (TPSA) is 0 Å². The predicted molar refractivity (Wildman–Crippen MR) is 172 cm³/mol. The fourth-order valence-electron chi connectivity index (χ4n) is 7.91. The van der Waals surface area contributed by atoms with Crippen LogP contribution in [0.4, 0.5) is 0 Å². The number of hydrogen-bond acceptors (Lipinski definition) is 0. The minimum absolute atomic E-state index is 0. The van der Waals surface area contributed by atoms with Gasteiger partial charge in [0, 0.05) is 29.6 Å². The Bertz CT molecular complexity index is 1380. The van der Waals surface area contributed by atoms with Gasteiger partial charge in [-0.1, -0.05) is 112 Å². The van der Waals surface area contributed by atoms with Crippen molar-refractivity contribution >= 4 is 48.1 Å². The zero-order valence-electron chi connectivity index (χ0n) is 25.7. The number of benzene rings is 4. The maximum atomic E-state index is 2.51. The molecule has 0 saturated carbocycles. The van der Waals surface area contributed by atoms with E-state index in [2.05, 4.69) is 128 Å². The molecule has 0 spiro atoms. The van der Waals surface area contributed by atoms with Gasteiger partial charge >= 0.3 is 14.1 Å². The third-order valence-electron chi connectivity index (χ3n) is 9.34. The van der Waals surface area contributed by atoms with Gasteiger partial charge in [-0.25, -0.2) is 0 Å². The van der Waals surface area contributed by atoms with Crippen molar-refractivity contribution in [3.05, 3.63) is 134 Å². The Morgan fingerprint density at radius 1 is 0.564 bits per heavy atom. The molecule has 2 heteroatoms. The first-order valence-electron chi connectivity index (χ1n) is 14.4. The summed E-state index contributed by atoms with van der Waals surface area (Å²) in [5.41, 5.74) is 15.9. The summed E-state index contributed by atoms with van der Waals surface area (Å²) >= 11 is -1.60. The summed E-state index contributed by atoms with van der Waals surface area (Å²) in [6.45, 7) is 18.4. The van der Waals surface area contributed by atoms with Crippen LogP contribution in [0.1, 0.15) is 80.0 Å². The van der Waals surface area contributed by atoms with Crippen LogP contribution < -0.4 is 4.43 Å². The molecular formula is C37H43AlNa. The molecular weight excluding hydrogens is 494 g/mol. The molecule has 0 bridgehead atoms. The second-order valence-electron chi connectivity index (χ2n) is 12.3. The molecule has 39 heavy (non-hydrogen) atoms.